The maximum absolute atomic E-state index is 2.40. The molecule has 0 N–H and O–H groups in total. The van der Waals surface area contributed by atoms with Crippen molar-refractivity contribution < 1.29 is 0 Å². The van der Waals surface area contributed by atoms with Crippen molar-refractivity contribution in [3.05, 3.63) is 169 Å². The molecule has 208 valence electrons. The molecular formula is C44H32. The van der Waals surface area contributed by atoms with Gasteiger partial charge in [-0.25, -0.2) is 0 Å². The van der Waals surface area contributed by atoms with Crippen LogP contribution in [0.5, 0.6) is 0 Å². The summed E-state index contributed by atoms with van der Waals surface area (Å²) in [5.74, 6) is 0. The highest BCUT2D eigenvalue weighted by molar-refractivity contribution is 6.35. The Hall–Kier alpha value is -5.46. The second kappa shape index (κ2) is 10.7. The predicted octanol–water partition coefficient (Wildman–Crippen LogP) is 12.4. The normalized spacial score (nSPS) is 11.4. The average Bonchev–Trinajstić information content (AvgIpc) is 3.08. The summed E-state index contributed by atoms with van der Waals surface area (Å²) in [5, 5.41) is 7.80. The van der Waals surface area contributed by atoms with E-state index in [1.807, 2.05) is 0 Å². The first-order chi connectivity index (χ1) is 21.7. The van der Waals surface area contributed by atoms with Crippen LogP contribution >= 0.6 is 0 Å². The number of hydrogen-bond donors (Lipinski definition) is 0. The number of hydrogen-bond acceptors (Lipinski definition) is 0. The van der Waals surface area contributed by atoms with Crippen LogP contribution in [-0.4, -0.2) is 0 Å². The van der Waals surface area contributed by atoms with Crippen molar-refractivity contribution in [1.82, 2.24) is 0 Å². The molecule has 0 amide bonds. The van der Waals surface area contributed by atoms with E-state index >= 15 is 0 Å². The van der Waals surface area contributed by atoms with Gasteiger partial charge in [0, 0.05) is 0 Å². The van der Waals surface area contributed by atoms with Crippen LogP contribution in [0.15, 0.2) is 158 Å². The minimum atomic E-state index is 1.22. The zero-order chi connectivity index (χ0) is 29.6. The number of fused-ring (bicyclic) bond motifs is 6. The monoisotopic (exact) mass is 560 g/mol. The molecule has 44 heavy (non-hydrogen) atoms. The zero-order valence-corrected chi connectivity index (χ0v) is 25.0. The van der Waals surface area contributed by atoms with E-state index in [-0.39, 0.29) is 0 Å². The van der Waals surface area contributed by atoms with Gasteiger partial charge < -0.3 is 0 Å². The fraction of sp³-hybridized carbons (Fsp3) is 0.0455. The molecule has 0 heterocycles. The van der Waals surface area contributed by atoms with Crippen molar-refractivity contribution in [2.45, 2.75) is 13.8 Å². The van der Waals surface area contributed by atoms with Crippen molar-refractivity contribution in [3.63, 3.8) is 0 Å². The quantitative estimate of drug-likeness (QED) is 0.188. The Morgan fingerprint density at radius 2 is 0.568 bits per heavy atom. The SMILES string of the molecule is Cc1ccc2c3ccc(C)cc3c3c(-c4ccccc4)c(-c4ccccc4)c(-c4ccccc4)c(-c4ccccc4)c3c2c1. The molecule has 0 aromatic heterocycles. The van der Waals surface area contributed by atoms with E-state index in [2.05, 4.69) is 172 Å². The van der Waals surface area contributed by atoms with E-state index in [4.69, 9.17) is 0 Å². The van der Waals surface area contributed by atoms with E-state index in [0.717, 1.165) is 0 Å². The van der Waals surface area contributed by atoms with Crippen LogP contribution in [0.4, 0.5) is 0 Å². The zero-order valence-electron chi connectivity index (χ0n) is 25.0. The second-order valence-electron chi connectivity index (χ2n) is 11.8. The molecule has 0 radical (unpaired) electrons. The van der Waals surface area contributed by atoms with Gasteiger partial charge in [0.25, 0.3) is 0 Å². The fourth-order valence-corrected chi connectivity index (χ4v) is 7.06. The lowest BCUT2D eigenvalue weighted by molar-refractivity contribution is 1.50. The molecule has 0 bridgehead atoms. The highest BCUT2D eigenvalue weighted by Gasteiger charge is 2.26. The van der Waals surface area contributed by atoms with Gasteiger partial charge in [0.1, 0.15) is 0 Å². The Balaban J connectivity index is 1.79. The predicted molar refractivity (Wildman–Crippen MR) is 190 cm³/mol. The smallest absolute Gasteiger partial charge is 0.000731 e. The third-order valence-corrected chi connectivity index (χ3v) is 8.93. The van der Waals surface area contributed by atoms with Crippen molar-refractivity contribution in [3.8, 4) is 44.5 Å². The summed E-state index contributed by atoms with van der Waals surface area (Å²) in [6.45, 7) is 4.42. The minimum Gasteiger partial charge on any atom is -0.0622 e. The Kier molecular flexibility index (Phi) is 6.35. The van der Waals surface area contributed by atoms with Crippen molar-refractivity contribution >= 4 is 32.3 Å². The molecule has 0 saturated carbocycles. The second-order valence-corrected chi connectivity index (χ2v) is 11.8. The van der Waals surface area contributed by atoms with Gasteiger partial charge in [0.2, 0.25) is 0 Å². The highest BCUT2D eigenvalue weighted by atomic mass is 14.3. The third kappa shape index (κ3) is 4.22. The van der Waals surface area contributed by atoms with Crippen LogP contribution in [-0.2, 0) is 0 Å². The summed E-state index contributed by atoms with van der Waals surface area (Å²) in [6, 6.07) is 57.9. The van der Waals surface area contributed by atoms with Gasteiger partial charge in [0.05, 0.1) is 0 Å². The molecule has 0 heteroatoms. The Labute approximate surface area is 258 Å². The van der Waals surface area contributed by atoms with E-state index in [1.165, 1.54) is 88.0 Å². The van der Waals surface area contributed by atoms with Crippen molar-refractivity contribution in [2.75, 3.05) is 0 Å². The lowest BCUT2D eigenvalue weighted by Crippen LogP contribution is -1.99. The van der Waals surface area contributed by atoms with Crippen LogP contribution in [0, 0.1) is 13.8 Å². The standard InChI is InChI=1S/C44H32/c1-29-23-25-35-36-26-24-30(2)28-38(36)44-42(34-21-13-6-14-22-34)40(32-17-9-4-10-18-32)39(31-15-7-3-8-16-31)41(43(44)37(35)27-29)33-19-11-5-12-20-33/h3-28H,1-2H3. The number of aryl methyl sites for hydroxylation is 2. The summed E-state index contributed by atoms with van der Waals surface area (Å²) in [6.07, 6.45) is 0. The van der Waals surface area contributed by atoms with E-state index in [9.17, 15) is 0 Å². The molecule has 0 aliphatic carbocycles. The Morgan fingerprint density at radius 1 is 0.273 bits per heavy atom. The van der Waals surface area contributed by atoms with Crippen LogP contribution < -0.4 is 0 Å². The van der Waals surface area contributed by atoms with Gasteiger partial charge in [-0.05, 0) is 90.7 Å². The number of rotatable bonds is 4. The molecule has 0 aliphatic rings. The summed E-state index contributed by atoms with van der Waals surface area (Å²) < 4.78 is 0. The third-order valence-electron chi connectivity index (χ3n) is 8.93. The van der Waals surface area contributed by atoms with E-state index < -0.39 is 0 Å². The molecule has 0 fully saturated rings. The largest absolute Gasteiger partial charge is 0.0622 e. The molecular weight excluding hydrogens is 528 g/mol. The summed E-state index contributed by atoms with van der Waals surface area (Å²) in [5.41, 5.74) is 12.5. The molecule has 8 aromatic rings. The summed E-state index contributed by atoms with van der Waals surface area (Å²) in [4.78, 5) is 0. The first kappa shape index (κ1) is 26.2. The maximum Gasteiger partial charge on any atom is -0.000731 e. The molecule has 0 spiro atoms. The Morgan fingerprint density at radius 3 is 0.886 bits per heavy atom. The molecule has 0 unspecified atom stereocenters. The van der Waals surface area contributed by atoms with Crippen LogP contribution in [0.25, 0.3) is 76.8 Å². The minimum absolute atomic E-state index is 1.22. The van der Waals surface area contributed by atoms with Crippen LogP contribution in [0.1, 0.15) is 11.1 Å². The molecule has 8 aromatic carbocycles. The number of benzene rings is 8. The van der Waals surface area contributed by atoms with Gasteiger partial charge in [0.15, 0.2) is 0 Å². The van der Waals surface area contributed by atoms with Crippen molar-refractivity contribution in [2.24, 2.45) is 0 Å². The van der Waals surface area contributed by atoms with Gasteiger partial charge >= 0.3 is 0 Å². The van der Waals surface area contributed by atoms with E-state index in [1.54, 1.807) is 0 Å². The fourth-order valence-electron chi connectivity index (χ4n) is 7.06. The van der Waals surface area contributed by atoms with Gasteiger partial charge in [-0.3, -0.25) is 0 Å². The van der Waals surface area contributed by atoms with Crippen LogP contribution in [0.3, 0.4) is 0 Å². The maximum atomic E-state index is 2.40. The van der Waals surface area contributed by atoms with Gasteiger partial charge in [-0.1, -0.05) is 169 Å². The Bertz CT molecular complexity index is 2130. The van der Waals surface area contributed by atoms with E-state index in [0.29, 0.717) is 0 Å². The first-order valence-electron chi connectivity index (χ1n) is 15.4. The summed E-state index contributed by atoms with van der Waals surface area (Å²) in [7, 11) is 0. The van der Waals surface area contributed by atoms with Crippen LogP contribution in [0.2, 0.25) is 0 Å². The molecule has 0 saturated heterocycles. The first-order valence-corrected chi connectivity index (χ1v) is 15.4. The lowest BCUT2D eigenvalue weighted by atomic mass is 9.76. The molecule has 8 rings (SSSR count). The van der Waals surface area contributed by atoms with Gasteiger partial charge in [-0.15, -0.1) is 0 Å². The lowest BCUT2D eigenvalue weighted by Gasteiger charge is -2.26. The van der Waals surface area contributed by atoms with Crippen molar-refractivity contribution in [1.29, 1.82) is 0 Å². The topological polar surface area (TPSA) is 0 Å². The molecule has 0 atom stereocenters. The molecule has 0 aliphatic heterocycles. The molecule has 0 nitrogen and oxygen atoms in total. The van der Waals surface area contributed by atoms with Gasteiger partial charge in [-0.2, -0.15) is 0 Å². The highest BCUT2D eigenvalue weighted by Crippen LogP contribution is 2.54. The average molecular weight is 561 g/mol. The summed E-state index contributed by atoms with van der Waals surface area (Å²) >= 11 is 0.